The van der Waals surface area contributed by atoms with Gasteiger partial charge in [-0.15, -0.1) is 0 Å². The molecule has 0 atom stereocenters. The van der Waals surface area contributed by atoms with E-state index in [1.54, 1.807) is 0 Å². The third-order valence-electron chi connectivity index (χ3n) is 1.81. The first-order valence-corrected chi connectivity index (χ1v) is 4.75. The van der Waals surface area contributed by atoms with Crippen LogP contribution in [0.4, 0.5) is 8.78 Å². The highest BCUT2D eigenvalue weighted by atomic mass is 79.9. The average Bonchev–Trinajstić information content (AvgIpc) is 2.04. The summed E-state index contributed by atoms with van der Waals surface area (Å²) >= 11 is 1.99. The third-order valence-corrected chi connectivity index (χ3v) is 2.17. The van der Waals surface area contributed by atoms with Crippen LogP contribution >= 0.6 is 15.9 Å². The summed E-state index contributed by atoms with van der Waals surface area (Å²) in [6.45, 7) is 1.03. The van der Waals surface area contributed by atoms with Crippen molar-refractivity contribution >= 4 is 21.8 Å². The van der Waals surface area contributed by atoms with E-state index < -0.39 is 10.7 Å². The zero-order chi connectivity index (χ0) is 9.90. The molecule has 0 aromatic heterocycles. The largest absolute Gasteiger partial charge is 0.381 e. The summed E-state index contributed by atoms with van der Waals surface area (Å²) in [4.78, 5) is 7.32. The molecule has 0 spiro atoms. The molecule has 1 rings (SSSR count). The first-order valence-electron chi connectivity index (χ1n) is 3.95. The molecule has 0 aromatic rings. The Balaban J connectivity index is 2.35. The highest BCUT2D eigenvalue weighted by Crippen LogP contribution is 2.22. The number of carbonyl (C=O) groups is 1. The van der Waals surface area contributed by atoms with E-state index in [0.717, 1.165) is 0 Å². The number of amides is 1. The Kier molecular flexibility index (Phi) is 3.61. The Morgan fingerprint density at radius 3 is 2.46 bits per heavy atom. The van der Waals surface area contributed by atoms with Crippen molar-refractivity contribution in [1.82, 2.24) is 5.32 Å². The number of hydrogen-bond acceptors (Lipinski definition) is 2. The fraction of sp³-hybridized carbons (Fsp3) is 0.857. The number of alkyl halides is 3. The van der Waals surface area contributed by atoms with Gasteiger partial charge in [0.1, 0.15) is 0 Å². The molecule has 1 aliphatic rings. The van der Waals surface area contributed by atoms with Crippen molar-refractivity contribution < 1.29 is 18.3 Å². The molecule has 0 radical (unpaired) electrons. The Morgan fingerprint density at radius 1 is 1.46 bits per heavy atom. The molecule has 3 nitrogen and oxygen atoms in total. The van der Waals surface area contributed by atoms with Crippen LogP contribution < -0.4 is 5.32 Å². The number of ether oxygens (including phenoxy) is 1. The van der Waals surface area contributed by atoms with Crippen LogP contribution in [0.25, 0.3) is 0 Å². The molecule has 1 fully saturated rings. The van der Waals surface area contributed by atoms with Gasteiger partial charge in [-0.25, -0.2) is 0 Å². The maximum Gasteiger partial charge on any atom is 0.377 e. The molecule has 13 heavy (non-hydrogen) atoms. The first kappa shape index (κ1) is 10.8. The lowest BCUT2D eigenvalue weighted by Gasteiger charge is -2.23. The van der Waals surface area contributed by atoms with Crippen molar-refractivity contribution in [3.05, 3.63) is 0 Å². The maximum atomic E-state index is 12.3. The molecule has 1 aliphatic heterocycles. The predicted octanol–water partition coefficient (Wildman–Crippen LogP) is 1.27. The van der Waals surface area contributed by atoms with E-state index in [1.165, 1.54) is 0 Å². The summed E-state index contributed by atoms with van der Waals surface area (Å²) in [5, 5.41) is 2.24. The number of nitrogens with one attached hydrogen (secondary N) is 1. The molecular weight excluding hydrogens is 248 g/mol. The van der Waals surface area contributed by atoms with Gasteiger partial charge in [0.2, 0.25) is 0 Å². The quantitative estimate of drug-likeness (QED) is 0.757. The molecule has 76 valence electrons. The van der Waals surface area contributed by atoms with Crippen molar-refractivity contribution in [1.29, 1.82) is 0 Å². The van der Waals surface area contributed by atoms with Gasteiger partial charge in [0.15, 0.2) is 0 Å². The van der Waals surface area contributed by atoms with Crippen molar-refractivity contribution in [2.75, 3.05) is 13.2 Å². The van der Waals surface area contributed by atoms with Crippen LogP contribution in [-0.4, -0.2) is 30.0 Å². The lowest BCUT2D eigenvalue weighted by atomic mass is 10.1. The fourth-order valence-electron chi connectivity index (χ4n) is 1.11. The van der Waals surface area contributed by atoms with Gasteiger partial charge >= 0.3 is 10.7 Å². The van der Waals surface area contributed by atoms with Gasteiger partial charge in [0, 0.05) is 35.2 Å². The molecule has 1 saturated heterocycles. The van der Waals surface area contributed by atoms with Crippen LogP contribution in [0.5, 0.6) is 0 Å². The maximum absolute atomic E-state index is 12.3. The molecule has 0 aliphatic carbocycles. The van der Waals surface area contributed by atoms with Crippen molar-refractivity contribution in [2.24, 2.45) is 0 Å². The van der Waals surface area contributed by atoms with E-state index in [2.05, 4.69) is 5.32 Å². The van der Waals surface area contributed by atoms with Gasteiger partial charge in [0.25, 0.3) is 0 Å². The molecule has 0 bridgehead atoms. The number of carbonyl (C=O) groups excluding carboxylic acids is 1. The summed E-state index contributed by atoms with van der Waals surface area (Å²) in [5.41, 5.74) is 0. The van der Waals surface area contributed by atoms with E-state index in [4.69, 9.17) is 4.74 Å². The molecule has 6 heteroatoms. The molecule has 0 aromatic carbocycles. The molecule has 0 saturated carbocycles. The monoisotopic (exact) mass is 257 g/mol. The van der Waals surface area contributed by atoms with E-state index in [0.29, 0.717) is 26.1 Å². The van der Waals surface area contributed by atoms with Crippen LogP contribution in [0.1, 0.15) is 12.8 Å². The summed E-state index contributed by atoms with van der Waals surface area (Å²) in [7, 11) is 0. The molecule has 1 N–H and O–H groups in total. The SMILES string of the molecule is O=C(NC1CCOCC1)C(F)(F)Br. The van der Waals surface area contributed by atoms with E-state index >= 15 is 0 Å². The van der Waals surface area contributed by atoms with Crippen LogP contribution in [0.3, 0.4) is 0 Å². The summed E-state index contributed by atoms with van der Waals surface area (Å²) in [5.74, 6) is -1.28. The second-order valence-corrected chi connectivity index (χ2v) is 3.85. The Morgan fingerprint density at radius 2 is 2.00 bits per heavy atom. The molecule has 1 heterocycles. The highest BCUT2D eigenvalue weighted by Gasteiger charge is 2.36. The van der Waals surface area contributed by atoms with Crippen molar-refractivity contribution in [2.45, 2.75) is 23.7 Å². The van der Waals surface area contributed by atoms with Crippen LogP contribution in [0.15, 0.2) is 0 Å². The zero-order valence-corrected chi connectivity index (χ0v) is 8.44. The minimum Gasteiger partial charge on any atom is -0.381 e. The Hall–Kier alpha value is -0.230. The number of hydrogen-bond donors (Lipinski definition) is 1. The number of halogens is 3. The minimum atomic E-state index is -3.47. The van der Waals surface area contributed by atoms with Gasteiger partial charge in [0.05, 0.1) is 0 Å². The second kappa shape index (κ2) is 4.32. The highest BCUT2D eigenvalue weighted by molar-refractivity contribution is 9.10. The molecule has 1 amide bonds. The normalized spacial score (nSPS) is 19.9. The topological polar surface area (TPSA) is 38.3 Å². The van der Waals surface area contributed by atoms with Crippen LogP contribution in [0, 0.1) is 0 Å². The molecular formula is C7H10BrF2NO2. The van der Waals surface area contributed by atoms with Crippen molar-refractivity contribution in [3.63, 3.8) is 0 Å². The predicted molar refractivity (Wildman–Crippen MR) is 45.9 cm³/mol. The van der Waals surface area contributed by atoms with Gasteiger partial charge in [-0.3, -0.25) is 4.79 Å². The smallest absolute Gasteiger partial charge is 0.377 e. The van der Waals surface area contributed by atoms with Crippen LogP contribution in [-0.2, 0) is 9.53 Å². The lowest BCUT2D eigenvalue weighted by Crippen LogP contribution is -2.44. The standard InChI is InChI=1S/C7H10BrF2NO2/c8-7(9,10)6(12)11-5-1-3-13-4-2-5/h5H,1-4H2,(H,11,12). The lowest BCUT2D eigenvalue weighted by molar-refractivity contribution is -0.135. The molecule has 0 unspecified atom stereocenters. The second-order valence-electron chi connectivity index (χ2n) is 2.86. The van der Waals surface area contributed by atoms with Crippen molar-refractivity contribution in [3.8, 4) is 0 Å². The summed E-state index contributed by atoms with van der Waals surface area (Å²) < 4.78 is 29.7. The first-order chi connectivity index (χ1) is 6.00. The van der Waals surface area contributed by atoms with E-state index in [9.17, 15) is 13.6 Å². The fourth-order valence-corrected chi connectivity index (χ4v) is 1.22. The van der Waals surface area contributed by atoms with E-state index in [1.807, 2.05) is 15.9 Å². The van der Waals surface area contributed by atoms with Crippen LogP contribution in [0.2, 0.25) is 0 Å². The Labute approximate surface area is 82.9 Å². The summed E-state index contributed by atoms with van der Waals surface area (Å²) in [6, 6.07) is -0.190. The minimum absolute atomic E-state index is 0.190. The van der Waals surface area contributed by atoms with Gasteiger partial charge in [-0.05, 0) is 12.8 Å². The van der Waals surface area contributed by atoms with Gasteiger partial charge in [-0.1, -0.05) is 0 Å². The third kappa shape index (κ3) is 3.56. The number of rotatable bonds is 2. The average molecular weight is 258 g/mol. The van der Waals surface area contributed by atoms with Gasteiger partial charge < -0.3 is 10.1 Å². The van der Waals surface area contributed by atoms with E-state index in [-0.39, 0.29) is 6.04 Å². The zero-order valence-electron chi connectivity index (χ0n) is 6.86. The van der Waals surface area contributed by atoms with Gasteiger partial charge in [-0.2, -0.15) is 8.78 Å². The Bertz CT molecular complexity index is 189. The summed E-state index contributed by atoms with van der Waals surface area (Å²) in [6.07, 6.45) is 1.18.